The molecule has 8 bridgehead atoms. The lowest BCUT2D eigenvalue weighted by atomic mass is 9.76. The van der Waals surface area contributed by atoms with E-state index in [2.05, 4.69) is 93.6 Å². The Morgan fingerprint density at radius 2 is 1.43 bits per heavy atom. The maximum Gasteiger partial charge on any atom is 0.166 e. The average Bonchev–Trinajstić information content (AvgIpc) is 2.80. The molecule has 35 heavy (non-hydrogen) atoms. The molecule has 4 aliphatic heterocycles. The topological polar surface area (TPSA) is 29.5 Å². The van der Waals surface area contributed by atoms with Crippen LogP contribution in [-0.4, -0.2) is 17.5 Å². The number of benzene rings is 4. The maximum absolute atomic E-state index is 11.2. The molecule has 2 nitrogen and oxygen atoms in total. The fourth-order valence-corrected chi connectivity index (χ4v) is 7.28. The molecule has 0 saturated carbocycles. The number of hydrogen-bond donors (Lipinski definition) is 1. The molecule has 0 amide bonds. The molecular weight excluding hydrogens is 468 g/mol. The van der Waals surface area contributed by atoms with Gasteiger partial charge in [-0.2, -0.15) is 0 Å². The highest BCUT2D eigenvalue weighted by atomic mass is 33.1. The molecule has 1 unspecified atom stereocenters. The lowest BCUT2D eigenvalue weighted by Gasteiger charge is -2.34. The summed E-state index contributed by atoms with van der Waals surface area (Å²) in [6.45, 7) is 9.00. The monoisotopic (exact) mass is 502 g/mol. The van der Waals surface area contributed by atoms with Gasteiger partial charge in [0.05, 0.1) is 6.61 Å². The quantitative estimate of drug-likeness (QED) is 0.244. The van der Waals surface area contributed by atoms with Gasteiger partial charge in [0.2, 0.25) is 0 Å². The highest BCUT2D eigenvalue weighted by molar-refractivity contribution is 8.76. The van der Waals surface area contributed by atoms with Gasteiger partial charge in [-0.25, -0.2) is 0 Å². The third kappa shape index (κ3) is 5.56. The third-order valence-electron chi connectivity index (χ3n) is 7.08. The van der Waals surface area contributed by atoms with Gasteiger partial charge < -0.3 is 9.84 Å². The van der Waals surface area contributed by atoms with Gasteiger partial charge >= 0.3 is 0 Å². The Hall–Kier alpha value is -1.98. The van der Waals surface area contributed by atoms with Crippen molar-refractivity contribution >= 4 is 43.1 Å². The SMILES string of the molecule is CC1(O)Cc2ccc3c(cccc3c2)CSSCc2cccc3cc(ccc23)[C@H](C(C)(C)C)CO1. The Balaban J connectivity index is 1.56. The summed E-state index contributed by atoms with van der Waals surface area (Å²) >= 11 is 0. The molecular formula is C31H34O2S2. The number of hydrogen-bond acceptors (Lipinski definition) is 4. The minimum absolute atomic E-state index is 0.00798. The highest BCUT2D eigenvalue weighted by Crippen LogP contribution is 2.39. The zero-order valence-corrected chi connectivity index (χ0v) is 22.6. The van der Waals surface area contributed by atoms with Crippen LogP contribution >= 0.6 is 21.6 Å². The van der Waals surface area contributed by atoms with Crippen molar-refractivity contribution in [3.8, 4) is 0 Å². The maximum atomic E-state index is 11.2. The van der Waals surface area contributed by atoms with Crippen LogP contribution in [0.3, 0.4) is 0 Å². The molecule has 182 valence electrons. The van der Waals surface area contributed by atoms with Crippen LogP contribution in [0, 0.1) is 5.41 Å². The fourth-order valence-electron chi connectivity index (χ4n) is 5.10. The van der Waals surface area contributed by atoms with Crippen molar-refractivity contribution in [2.45, 2.75) is 57.3 Å². The van der Waals surface area contributed by atoms with E-state index >= 15 is 0 Å². The van der Waals surface area contributed by atoms with Gasteiger partial charge in [0.25, 0.3) is 0 Å². The van der Waals surface area contributed by atoms with Crippen LogP contribution in [0.15, 0.2) is 72.8 Å². The molecule has 0 fully saturated rings. The minimum atomic E-state index is -1.24. The summed E-state index contributed by atoms with van der Waals surface area (Å²) < 4.78 is 6.25. The number of aliphatic hydroxyl groups is 1. The van der Waals surface area contributed by atoms with E-state index in [0.717, 1.165) is 17.1 Å². The summed E-state index contributed by atoms with van der Waals surface area (Å²) in [5.74, 6) is 0.858. The molecule has 0 spiro atoms. The van der Waals surface area contributed by atoms with E-state index in [-0.39, 0.29) is 11.3 Å². The van der Waals surface area contributed by atoms with Crippen LogP contribution in [0.4, 0.5) is 0 Å². The molecule has 4 aliphatic rings. The fraction of sp³-hybridized carbons (Fsp3) is 0.355. The molecule has 0 radical (unpaired) electrons. The van der Waals surface area contributed by atoms with Gasteiger partial charge in [0.15, 0.2) is 5.79 Å². The van der Waals surface area contributed by atoms with Crippen molar-refractivity contribution in [2.24, 2.45) is 5.41 Å². The normalized spacial score (nSPS) is 22.0. The van der Waals surface area contributed by atoms with Gasteiger partial charge in [-0.05, 0) is 56.1 Å². The van der Waals surface area contributed by atoms with Crippen LogP contribution in [0.5, 0.6) is 0 Å². The van der Waals surface area contributed by atoms with Crippen LogP contribution < -0.4 is 0 Å². The predicted octanol–water partition coefficient (Wildman–Crippen LogP) is 8.49. The first-order valence-electron chi connectivity index (χ1n) is 12.3. The molecule has 2 atom stereocenters. The number of rotatable bonds is 0. The molecule has 4 aromatic rings. The molecule has 0 aliphatic carbocycles. The van der Waals surface area contributed by atoms with Crippen LogP contribution in [0.2, 0.25) is 0 Å². The van der Waals surface area contributed by atoms with E-state index in [1.54, 1.807) is 6.92 Å². The molecule has 8 rings (SSSR count). The smallest absolute Gasteiger partial charge is 0.166 e. The molecule has 4 aromatic carbocycles. The van der Waals surface area contributed by atoms with Crippen molar-refractivity contribution in [3.05, 3.63) is 95.1 Å². The molecule has 4 heteroatoms. The van der Waals surface area contributed by atoms with Gasteiger partial charge in [0, 0.05) is 23.8 Å². The van der Waals surface area contributed by atoms with Crippen molar-refractivity contribution < 1.29 is 9.84 Å². The van der Waals surface area contributed by atoms with Crippen LogP contribution in [0.1, 0.15) is 55.9 Å². The van der Waals surface area contributed by atoms with Crippen LogP contribution in [-0.2, 0) is 22.7 Å². The average molecular weight is 503 g/mol. The molecule has 4 heterocycles. The van der Waals surface area contributed by atoms with E-state index in [4.69, 9.17) is 4.74 Å². The summed E-state index contributed by atoms with van der Waals surface area (Å²) in [4.78, 5) is 0. The van der Waals surface area contributed by atoms with E-state index in [1.807, 2.05) is 21.6 Å². The standard InChI is InChI=1S/C31H34O2S2/c1-30(2,3)29-18-33-31(4,32)17-21-11-13-27-22(15-21)7-5-9-25(27)19-34-35-20-26-10-6-8-23-16-24(29)12-14-28(23)26/h5-16,29,32H,17-20H2,1-4H3/t29-,31?/m1/s1. The Morgan fingerprint density at radius 3 is 2.06 bits per heavy atom. The number of ether oxygens (including phenoxy) is 1. The van der Waals surface area contributed by atoms with Gasteiger partial charge in [-0.15, -0.1) is 0 Å². The van der Waals surface area contributed by atoms with Crippen molar-refractivity contribution in [1.82, 2.24) is 0 Å². The third-order valence-corrected chi connectivity index (χ3v) is 9.31. The minimum Gasteiger partial charge on any atom is -0.365 e. The Kier molecular flexibility index (Phi) is 6.93. The van der Waals surface area contributed by atoms with Crippen molar-refractivity contribution in [1.29, 1.82) is 0 Å². The second kappa shape index (κ2) is 9.82. The van der Waals surface area contributed by atoms with E-state index in [1.165, 1.54) is 38.2 Å². The van der Waals surface area contributed by atoms with E-state index in [9.17, 15) is 5.11 Å². The summed E-state index contributed by atoms with van der Waals surface area (Å²) in [5.41, 5.74) is 5.06. The Labute approximate surface area is 216 Å². The zero-order chi connectivity index (χ0) is 24.6. The summed E-state index contributed by atoms with van der Waals surface area (Å²) in [7, 11) is 3.84. The highest BCUT2D eigenvalue weighted by Gasteiger charge is 2.31. The van der Waals surface area contributed by atoms with Crippen LogP contribution in [0.25, 0.3) is 21.5 Å². The largest absolute Gasteiger partial charge is 0.365 e. The molecule has 1 N–H and O–H groups in total. The summed E-state index contributed by atoms with van der Waals surface area (Å²) in [6, 6.07) is 26.5. The second-order valence-electron chi connectivity index (χ2n) is 11.0. The lowest BCUT2D eigenvalue weighted by Crippen LogP contribution is -2.35. The zero-order valence-electron chi connectivity index (χ0n) is 21.0. The second-order valence-corrected chi connectivity index (χ2v) is 13.4. The molecule has 0 saturated heterocycles. The predicted molar refractivity (Wildman–Crippen MR) is 153 cm³/mol. The van der Waals surface area contributed by atoms with Gasteiger partial charge in [0.1, 0.15) is 0 Å². The first-order valence-corrected chi connectivity index (χ1v) is 14.8. The Bertz CT molecular complexity index is 1350. The van der Waals surface area contributed by atoms with Crippen molar-refractivity contribution in [3.63, 3.8) is 0 Å². The molecule has 0 aromatic heterocycles. The van der Waals surface area contributed by atoms with Gasteiger partial charge in [-0.3, -0.25) is 0 Å². The summed E-state index contributed by atoms with van der Waals surface area (Å²) in [6.07, 6.45) is 0.454. The van der Waals surface area contributed by atoms with Gasteiger partial charge in [-0.1, -0.05) is 115 Å². The van der Waals surface area contributed by atoms with E-state index in [0.29, 0.717) is 13.0 Å². The first kappa shape index (κ1) is 24.7. The first-order chi connectivity index (χ1) is 16.7. The summed E-state index contributed by atoms with van der Waals surface area (Å²) in [5, 5.41) is 16.3. The van der Waals surface area contributed by atoms with E-state index < -0.39 is 5.79 Å². The lowest BCUT2D eigenvalue weighted by molar-refractivity contribution is -0.195. The van der Waals surface area contributed by atoms with Crippen molar-refractivity contribution in [2.75, 3.05) is 6.61 Å². The Morgan fingerprint density at radius 1 is 0.829 bits per heavy atom.